The molecule has 0 bridgehead atoms. The highest BCUT2D eigenvalue weighted by Gasteiger charge is 2.07. The number of rotatable bonds is 9. The minimum absolute atomic E-state index is 0.551. The van der Waals surface area contributed by atoms with Crippen LogP contribution in [0.3, 0.4) is 0 Å². The first-order valence-corrected chi connectivity index (χ1v) is 7.06. The molecule has 0 atom stereocenters. The Bertz CT molecular complexity index is 513. The van der Waals surface area contributed by atoms with Gasteiger partial charge < -0.3 is 19.4 Å². The zero-order chi connectivity index (χ0) is 14.9. The average Bonchev–Trinajstić information content (AvgIpc) is 2.96. The van der Waals surface area contributed by atoms with E-state index in [0.29, 0.717) is 24.9 Å². The van der Waals surface area contributed by atoms with Gasteiger partial charge >= 0.3 is 0 Å². The minimum atomic E-state index is 0.551. The number of aromatic nitrogens is 2. The van der Waals surface area contributed by atoms with Crippen molar-refractivity contribution in [2.24, 2.45) is 0 Å². The molecule has 21 heavy (non-hydrogen) atoms. The van der Waals surface area contributed by atoms with Crippen molar-refractivity contribution in [2.45, 2.75) is 6.54 Å². The number of hydrogen-bond donors (Lipinski definition) is 1. The van der Waals surface area contributed by atoms with Crippen LogP contribution in [0.4, 0.5) is 0 Å². The highest BCUT2D eigenvalue weighted by molar-refractivity contribution is 5.51. The van der Waals surface area contributed by atoms with Crippen LogP contribution >= 0.6 is 0 Å². The molecule has 0 saturated heterocycles. The van der Waals surface area contributed by atoms with E-state index in [2.05, 4.69) is 20.4 Å². The molecular formula is C15H22N4O2. The van der Waals surface area contributed by atoms with E-state index in [1.807, 2.05) is 44.4 Å². The lowest BCUT2D eigenvalue weighted by atomic mass is 10.2. The van der Waals surface area contributed by atoms with E-state index in [9.17, 15) is 0 Å². The molecule has 0 saturated carbocycles. The van der Waals surface area contributed by atoms with Gasteiger partial charge in [-0.15, -0.1) is 10.2 Å². The van der Waals surface area contributed by atoms with Crippen LogP contribution in [-0.4, -0.2) is 55.5 Å². The third-order valence-electron chi connectivity index (χ3n) is 2.87. The van der Waals surface area contributed by atoms with Crippen LogP contribution in [-0.2, 0) is 11.3 Å². The summed E-state index contributed by atoms with van der Waals surface area (Å²) in [5.41, 5.74) is 0.934. The summed E-state index contributed by atoms with van der Waals surface area (Å²) in [4.78, 5) is 2.09. The van der Waals surface area contributed by atoms with Gasteiger partial charge in [0.2, 0.25) is 11.8 Å². The molecule has 0 aliphatic rings. The first-order valence-electron chi connectivity index (χ1n) is 7.06. The average molecular weight is 290 g/mol. The summed E-state index contributed by atoms with van der Waals surface area (Å²) < 4.78 is 11.1. The second-order valence-corrected chi connectivity index (χ2v) is 4.96. The summed E-state index contributed by atoms with van der Waals surface area (Å²) in [6.45, 7) is 3.67. The summed E-state index contributed by atoms with van der Waals surface area (Å²) in [5, 5.41) is 11.3. The van der Waals surface area contributed by atoms with E-state index in [-0.39, 0.29) is 0 Å². The lowest BCUT2D eigenvalue weighted by Gasteiger charge is -2.09. The number of benzene rings is 1. The summed E-state index contributed by atoms with van der Waals surface area (Å²) in [5.74, 6) is 1.14. The molecule has 2 rings (SSSR count). The molecule has 0 radical (unpaired) electrons. The molecule has 1 heterocycles. The largest absolute Gasteiger partial charge is 0.419 e. The minimum Gasteiger partial charge on any atom is -0.419 e. The van der Waals surface area contributed by atoms with Crippen LogP contribution < -0.4 is 5.32 Å². The molecule has 1 aromatic heterocycles. The fourth-order valence-corrected chi connectivity index (χ4v) is 1.71. The van der Waals surface area contributed by atoms with Gasteiger partial charge in [-0.1, -0.05) is 18.2 Å². The van der Waals surface area contributed by atoms with Crippen molar-refractivity contribution in [3.05, 3.63) is 36.2 Å². The second kappa shape index (κ2) is 8.51. The Hall–Kier alpha value is -1.76. The van der Waals surface area contributed by atoms with Crippen LogP contribution in [0.5, 0.6) is 0 Å². The van der Waals surface area contributed by atoms with Crippen molar-refractivity contribution in [3.8, 4) is 11.5 Å². The van der Waals surface area contributed by atoms with Gasteiger partial charge in [0.05, 0.1) is 19.8 Å². The Morgan fingerprint density at radius 3 is 2.71 bits per heavy atom. The van der Waals surface area contributed by atoms with Gasteiger partial charge in [0.1, 0.15) is 0 Å². The molecule has 0 fully saturated rings. The number of nitrogens with one attached hydrogen (secondary N) is 1. The van der Waals surface area contributed by atoms with E-state index < -0.39 is 0 Å². The van der Waals surface area contributed by atoms with Gasteiger partial charge in [-0.2, -0.15) is 0 Å². The molecule has 114 valence electrons. The van der Waals surface area contributed by atoms with Crippen molar-refractivity contribution in [2.75, 3.05) is 40.4 Å². The first-order chi connectivity index (χ1) is 10.3. The molecule has 0 spiro atoms. The molecule has 0 unspecified atom stereocenters. The number of nitrogens with zero attached hydrogens (tertiary/aromatic N) is 3. The highest BCUT2D eigenvalue weighted by atomic mass is 16.5. The Balaban J connectivity index is 1.65. The van der Waals surface area contributed by atoms with Gasteiger partial charge in [-0.3, -0.25) is 0 Å². The van der Waals surface area contributed by atoms with Gasteiger partial charge in [0, 0.05) is 18.7 Å². The zero-order valence-corrected chi connectivity index (χ0v) is 12.6. The monoisotopic (exact) mass is 290 g/mol. The molecule has 6 nitrogen and oxygen atoms in total. The van der Waals surface area contributed by atoms with Crippen molar-refractivity contribution >= 4 is 0 Å². The predicted molar refractivity (Wildman–Crippen MR) is 80.8 cm³/mol. The van der Waals surface area contributed by atoms with Gasteiger partial charge in [-0.25, -0.2) is 0 Å². The number of likely N-dealkylation sites (N-methyl/N-ethyl adjacent to an activating group) is 1. The molecule has 2 aromatic rings. The van der Waals surface area contributed by atoms with Crippen LogP contribution in [0.1, 0.15) is 5.89 Å². The molecule has 0 aliphatic carbocycles. The van der Waals surface area contributed by atoms with Gasteiger partial charge in [0.25, 0.3) is 0 Å². The number of hydrogen-bond acceptors (Lipinski definition) is 6. The lowest BCUT2D eigenvalue weighted by molar-refractivity contribution is 0.119. The highest BCUT2D eigenvalue weighted by Crippen LogP contribution is 2.16. The van der Waals surface area contributed by atoms with Crippen molar-refractivity contribution in [1.29, 1.82) is 0 Å². The summed E-state index contributed by atoms with van der Waals surface area (Å²) in [6.07, 6.45) is 0. The Labute approximate surface area is 125 Å². The Morgan fingerprint density at radius 2 is 1.95 bits per heavy atom. The smallest absolute Gasteiger partial charge is 0.247 e. The normalized spacial score (nSPS) is 11.2. The molecule has 1 aromatic carbocycles. The SMILES string of the molecule is CN(C)CCOCCNCc1nnc(-c2ccccc2)o1. The fourth-order valence-electron chi connectivity index (χ4n) is 1.71. The van der Waals surface area contributed by atoms with E-state index in [1.54, 1.807) is 0 Å². The van der Waals surface area contributed by atoms with E-state index in [4.69, 9.17) is 9.15 Å². The van der Waals surface area contributed by atoms with Crippen molar-refractivity contribution in [3.63, 3.8) is 0 Å². The lowest BCUT2D eigenvalue weighted by Crippen LogP contribution is -2.23. The van der Waals surface area contributed by atoms with E-state index >= 15 is 0 Å². The quantitative estimate of drug-likeness (QED) is 0.704. The fraction of sp³-hybridized carbons (Fsp3) is 0.467. The topological polar surface area (TPSA) is 63.4 Å². The van der Waals surface area contributed by atoms with Crippen molar-refractivity contribution < 1.29 is 9.15 Å². The first kappa shape index (κ1) is 15.6. The van der Waals surface area contributed by atoms with Crippen LogP contribution in [0, 0.1) is 0 Å². The molecule has 6 heteroatoms. The Morgan fingerprint density at radius 1 is 1.14 bits per heavy atom. The van der Waals surface area contributed by atoms with Crippen LogP contribution in [0.25, 0.3) is 11.5 Å². The Kier molecular flexibility index (Phi) is 6.33. The number of ether oxygens (including phenoxy) is 1. The maximum absolute atomic E-state index is 5.60. The third-order valence-corrected chi connectivity index (χ3v) is 2.87. The van der Waals surface area contributed by atoms with Gasteiger partial charge in [-0.05, 0) is 26.2 Å². The predicted octanol–water partition coefficient (Wildman–Crippen LogP) is 1.40. The third kappa shape index (κ3) is 5.63. The molecular weight excluding hydrogens is 268 g/mol. The summed E-state index contributed by atoms with van der Waals surface area (Å²) in [7, 11) is 4.06. The second-order valence-electron chi connectivity index (χ2n) is 4.96. The van der Waals surface area contributed by atoms with Crippen LogP contribution in [0.15, 0.2) is 34.7 Å². The zero-order valence-electron chi connectivity index (χ0n) is 12.6. The maximum atomic E-state index is 5.60. The standard InChI is InChI=1S/C15H22N4O2/c1-19(2)9-11-20-10-8-16-12-14-17-18-15(21-14)13-6-4-3-5-7-13/h3-7,16H,8-12H2,1-2H3. The summed E-state index contributed by atoms with van der Waals surface area (Å²) >= 11 is 0. The molecule has 1 N–H and O–H groups in total. The van der Waals surface area contributed by atoms with E-state index in [0.717, 1.165) is 25.3 Å². The summed E-state index contributed by atoms with van der Waals surface area (Å²) in [6, 6.07) is 9.75. The van der Waals surface area contributed by atoms with Gasteiger partial charge in [0.15, 0.2) is 0 Å². The maximum Gasteiger partial charge on any atom is 0.247 e. The molecule has 0 aliphatic heterocycles. The van der Waals surface area contributed by atoms with Crippen LogP contribution in [0.2, 0.25) is 0 Å². The molecule has 0 amide bonds. The van der Waals surface area contributed by atoms with E-state index in [1.165, 1.54) is 0 Å². The van der Waals surface area contributed by atoms with Crippen molar-refractivity contribution in [1.82, 2.24) is 20.4 Å².